The largest absolute Gasteiger partial charge is 0.508 e. The second-order valence-corrected chi connectivity index (χ2v) is 6.52. The molecule has 3 nitrogen and oxygen atoms in total. The topological polar surface area (TPSA) is 52.5 Å². The van der Waals surface area contributed by atoms with Gasteiger partial charge in [-0.15, -0.1) is 0 Å². The third-order valence-corrected chi connectivity index (χ3v) is 5.68. The van der Waals surface area contributed by atoms with Crippen LogP contribution in [0.1, 0.15) is 43.2 Å². The maximum Gasteiger partial charge on any atom is 0.123 e. The van der Waals surface area contributed by atoms with E-state index in [9.17, 15) is 10.2 Å². The third kappa shape index (κ3) is 1.48. The number of hydrogen-bond acceptors (Lipinski definition) is 3. The number of hydrogen-bond donors (Lipinski definition) is 3. The number of benzene rings is 1. The number of fused-ring (bicyclic) bond motifs is 1. The average molecular weight is 259 g/mol. The number of aromatic hydroxyl groups is 2. The first-order valence-corrected chi connectivity index (χ1v) is 7.49. The summed E-state index contributed by atoms with van der Waals surface area (Å²) in [4.78, 5) is 0. The second-order valence-electron chi connectivity index (χ2n) is 6.52. The molecule has 0 radical (unpaired) electrons. The summed E-state index contributed by atoms with van der Waals surface area (Å²) in [5, 5.41) is 23.8. The van der Waals surface area contributed by atoms with Crippen molar-refractivity contribution in [1.29, 1.82) is 0 Å². The Morgan fingerprint density at radius 1 is 1.16 bits per heavy atom. The van der Waals surface area contributed by atoms with Crippen LogP contribution in [0.15, 0.2) is 12.1 Å². The summed E-state index contributed by atoms with van der Waals surface area (Å²) in [6.45, 7) is 1.06. The zero-order valence-electron chi connectivity index (χ0n) is 11.2. The Bertz CT molecular complexity index is 524. The molecule has 19 heavy (non-hydrogen) atoms. The van der Waals surface area contributed by atoms with Crippen LogP contribution in [-0.2, 0) is 11.8 Å². The van der Waals surface area contributed by atoms with E-state index in [1.165, 1.54) is 31.7 Å². The van der Waals surface area contributed by atoms with Crippen LogP contribution in [0.3, 0.4) is 0 Å². The summed E-state index contributed by atoms with van der Waals surface area (Å²) in [6, 6.07) is 3.92. The van der Waals surface area contributed by atoms with Crippen LogP contribution in [0.25, 0.3) is 0 Å². The predicted molar refractivity (Wildman–Crippen MR) is 73.5 cm³/mol. The molecule has 2 bridgehead atoms. The van der Waals surface area contributed by atoms with Gasteiger partial charge in [0, 0.05) is 23.1 Å². The molecule has 0 spiro atoms. The van der Waals surface area contributed by atoms with Crippen LogP contribution in [-0.4, -0.2) is 22.8 Å². The van der Waals surface area contributed by atoms with Gasteiger partial charge in [-0.1, -0.05) is 12.8 Å². The Morgan fingerprint density at radius 2 is 2.05 bits per heavy atom. The van der Waals surface area contributed by atoms with Crippen molar-refractivity contribution in [3.63, 3.8) is 0 Å². The first-order chi connectivity index (χ1) is 9.21. The zero-order valence-corrected chi connectivity index (χ0v) is 11.2. The highest BCUT2D eigenvalue weighted by Gasteiger charge is 2.52. The van der Waals surface area contributed by atoms with Gasteiger partial charge in [-0.3, -0.25) is 0 Å². The Kier molecular flexibility index (Phi) is 2.37. The number of phenols is 2. The average Bonchev–Trinajstić information content (AvgIpc) is 2.37. The minimum absolute atomic E-state index is 0.166. The predicted octanol–water partition coefficient (Wildman–Crippen LogP) is 2.44. The van der Waals surface area contributed by atoms with Gasteiger partial charge < -0.3 is 15.5 Å². The van der Waals surface area contributed by atoms with E-state index in [0.29, 0.717) is 17.7 Å². The SMILES string of the molecule is Oc1cc(O)c2c(c1)C[C@H]1NCC[C@@]23CCCC[C@@H]13. The molecule has 2 fully saturated rings. The lowest BCUT2D eigenvalue weighted by Gasteiger charge is -2.55. The van der Waals surface area contributed by atoms with Crippen LogP contribution < -0.4 is 5.32 Å². The fraction of sp³-hybridized carbons (Fsp3) is 0.625. The van der Waals surface area contributed by atoms with E-state index < -0.39 is 0 Å². The molecule has 1 aromatic rings. The minimum atomic E-state index is 0.166. The Morgan fingerprint density at radius 3 is 2.95 bits per heavy atom. The van der Waals surface area contributed by atoms with E-state index in [1.54, 1.807) is 0 Å². The van der Waals surface area contributed by atoms with Crippen molar-refractivity contribution < 1.29 is 10.2 Å². The molecule has 102 valence electrons. The highest BCUT2D eigenvalue weighted by atomic mass is 16.3. The Balaban J connectivity index is 1.95. The molecular formula is C16H21NO2. The molecule has 1 saturated carbocycles. The minimum Gasteiger partial charge on any atom is -0.508 e. The van der Waals surface area contributed by atoms with Crippen molar-refractivity contribution in [2.75, 3.05) is 6.54 Å². The lowest BCUT2D eigenvalue weighted by atomic mass is 9.52. The molecule has 1 saturated heterocycles. The number of phenolic OH excluding ortho intramolecular Hbond substituents is 2. The first kappa shape index (κ1) is 11.6. The quantitative estimate of drug-likeness (QED) is 0.671. The summed E-state index contributed by atoms with van der Waals surface area (Å²) in [7, 11) is 0. The number of nitrogens with one attached hydrogen (secondary N) is 1. The van der Waals surface area contributed by atoms with Crippen molar-refractivity contribution in [3.8, 4) is 11.5 Å². The van der Waals surface area contributed by atoms with E-state index in [4.69, 9.17) is 0 Å². The fourth-order valence-electron chi connectivity index (χ4n) is 5.08. The van der Waals surface area contributed by atoms with Gasteiger partial charge in [0.25, 0.3) is 0 Å². The first-order valence-electron chi connectivity index (χ1n) is 7.49. The summed E-state index contributed by atoms with van der Waals surface area (Å²) < 4.78 is 0. The van der Waals surface area contributed by atoms with Gasteiger partial charge in [0.15, 0.2) is 0 Å². The van der Waals surface area contributed by atoms with Crippen molar-refractivity contribution in [2.45, 2.75) is 50.0 Å². The van der Waals surface area contributed by atoms with Gasteiger partial charge in [0.1, 0.15) is 11.5 Å². The van der Waals surface area contributed by atoms with Crippen LogP contribution in [0.5, 0.6) is 11.5 Å². The summed E-state index contributed by atoms with van der Waals surface area (Å²) in [5.74, 6) is 1.18. The lowest BCUT2D eigenvalue weighted by Crippen LogP contribution is -2.59. The second kappa shape index (κ2) is 3.89. The standard InChI is InChI=1S/C16H21NO2/c18-11-7-10-8-13-12-3-1-2-4-16(12,5-6-17-13)15(10)14(19)9-11/h7,9,12-13,17-19H,1-6,8H2/t12-,13+,16+/m0/s1. The maximum atomic E-state index is 10.4. The molecule has 2 aliphatic carbocycles. The van der Waals surface area contributed by atoms with Gasteiger partial charge in [0.05, 0.1) is 0 Å². The highest BCUT2D eigenvalue weighted by Crippen LogP contribution is 2.56. The van der Waals surface area contributed by atoms with Crippen molar-refractivity contribution in [2.24, 2.45) is 5.92 Å². The van der Waals surface area contributed by atoms with Crippen molar-refractivity contribution in [3.05, 3.63) is 23.3 Å². The van der Waals surface area contributed by atoms with Gasteiger partial charge >= 0.3 is 0 Å². The summed E-state index contributed by atoms with van der Waals surface area (Å²) in [6.07, 6.45) is 7.13. The van der Waals surface area contributed by atoms with Crippen molar-refractivity contribution >= 4 is 0 Å². The molecule has 4 rings (SSSR count). The van der Waals surface area contributed by atoms with Gasteiger partial charge in [-0.05, 0) is 49.8 Å². The molecule has 1 aromatic carbocycles. The number of rotatable bonds is 0. The van der Waals surface area contributed by atoms with Crippen LogP contribution in [0.4, 0.5) is 0 Å². The van der Waals surface area contributed by atoms with E-state index in [2.05, 4.69) is 5.32 Å². The molecular weight excluding hydrogens is 238 g/mol. The lowest BCUT2D eigenvalue weighted by molar-refractivity contribution is 0.0771. The molecule has 3 aliphatic rings. The molecule has 3 atom stereocenters. The zero-order chi connectivity index (χ0) is 13.0. The Labute approximate surface area is 113 Å². The van der Waals surface area contributed by atoms with Crippen LogP contribution in [0, 0.1) is 5.92 Å². The van der Waals surface area contributed by atoms with Crippen molar-refractivity contribution in [1.82, 2.24) is 5.32 Å². The normalized spacial score (nSPS) is 36.4. The van der Waals surface area contributed by atoms with Gasteiger partial charge in [-0.2, -0.15) is 0 Å². The third-order valence-electron chi connectivity index (χ3n) is 5.68. The molecule has 3 N–H and O–H groups in total. The molecule has 0 aromatic heterocycles. The molecule has 1 heterocycles. The van der Waals surface area contributed by atoms with Crippen LogP contribution in [0.2, 0.25) is 0 Å². The highest BCUT2D eigenvalue weighted by molar-refractivity contribution is 5.53. The molecule has 0 unspecified atom stereocenters. The van der Waals surface area contributed by atoms with E-state index in [1.807, 2.05) is 6.07 Å². The number of piperidine rings is 1. The molecule has 0 amide bonds. The Hall–Kier alpha value is -1.22. The summed E-state index contributed by atoms with van der Waals surface area (Å²) in [5.41, 5.74) is 2.49. The van der Waals surface area contributed by atoms with E-state index in [0.717, 1.165) is 30.5 Å². The van der Waals surface area contributed by atoms with Gasteiger partial charge in [-0.25, -0.2) is 0 Å². The molecule has 1 aliphatic heterocycles. The maximum absolute atomic E-state index is 10.4. The van der Waals surface area contributed by atoms with E-state index >= 15 is 0 Å². The van der Waals surface area contributed by atoms with E-state index in [-0.39, 0.29) is 11.2 Å². The smallest absolute Gasteiger partial charge is 0.123 e. The van der Waals surface area contributed by atoms with Gasteiger partial charge in [0.2, 0.25) is 0 Å². The monoisotopic (exact) mass is 259 g/mol. The fourth-order valence-corrected chi connectivity index (χ4v) is 5.08. The molecule has 3 heteroatoms. The van der Waals surface area contributed by atoms with Crippen LogP contribution >= 0.6 is 0 Å². The summed E-state index contributed by atoms with van der Waals surface area (Å²) >= 11 is 0.